The predicted octanol–water partition coefficient (Wildman–Crippen LogP) is 3.96. The first-order valence-corrected chi connectivity index (χ1v) is 12.1. The van der Waals surface area contributed by atoms with Crippen LogP contribution in [-0.4, -0.2) is 23.8 Å². The molecule has 0 heterocycles. The van der Waals surface area contributed by atoms with Gasteiger partial charge < -0.3 is 11.1 Å². The lowest BCUT2D eigenvalue weighted by Gasteiger charge is -2.17. The topological polar surface area (TPSA) is 111 Å². The highest BCUT2D eigenvalue weighted by molar-refractivity contribution is 5.91. The van der Waals surface area contributed by atoms with E-state index in [1.54, 1.807) is 0 Å². The molecule has 0 aliphatic rings. The van der Waals surface area contributed by atoms with E-state index in [0.717, 1.165) is 37.7 Å². The van der Waals surface area contributed by atoms with Gasteiger partial charge in [0.15, 0.2) is 0 Å². The second-order valence-electron chi connectivity index (χ2n) is 8.49. The van der Waals surface area contributed by atoms with Crippen molar-refractivity contribution in [3.05, 3.63) is 71.8 Å². The zero-order valence-corrected chi connectivity index (χ0v) is 19.8. The minimum atomic E-state index is -1.05. The van der Waals surface area contributed by atoms with Gasteiger partial charge in [-0.1, -0.05) is 92.8 Å². The summed E-state index contributed by atoms with van der Waals surface area (Å²) >= 11 is 0. The summed E-state index contributed by atoms with van der Waals surface area (Å²) in [6.07, 6.45) is 8.69. The van der Waals surface area contributed by atoms with E-state index in [1.165, 1.54) is 24.8 Å². The molecule has 0 aromatic heterocycles. The molecule has 1 atom stereocenters. The van der Waals surface area contributed by atoms with Gasteiger partial charge in [0, 0.05) is 6.42 Å². The molecule has 34 heavy (non-hydrogen) atoms. The van der Waals surface area contributed by atoms with Gasteiger partial charge in [0.05, 0.1) is 13.0 Å². The zero-order valence-electron chi connectivity index (χ0n) is 19.8. The standard InChI is InChI=1S/C27H37N3O4/c28-25(31)20-24(27(33)30-34-21-23-17-11-7-12-18-23)29-26(32)19-13-5-3-1-2-4-8-14-22-15-9-6-10-16-22/h6-7,9-12,15-18,24H,1-5,8,13-14,19-21H2,(H2,28,31)(H,29,32)(H,30,33)/t24-/m1/s1. The Hall–Kier alpha value is -3.19. The summed E-state index contributed by atoms with van der Waals surface area (Å²) in [6, 6.07) is 18.8. The maximum Gasteiger partial charge on any atom is 0.266 e. The summed E-state index contributed by atoms with van der Waals surface area (Å²) in [7, 11) is 0. The van der Waals surface area contributed by atoms with Crippen molar-refractivity contribution in [2.75, 3.05) is 0 Å². The number of primary amides is 1. The largest absolute Gasteiger partial charge is 0.370 e. The Morgan fingerprint density at radius 3 is 1.94 bits per heavy atom. The number of hydroxylamine groups is 1. The average molecular weight is 468 g/mol. The van der Waals surface area contributed by atoms with E-state index in [2.05, 4.69) is 35.1 Å². The van der Waals surface area contributed by atoms with Gasteiger partial charge in [-0.15, -0.1) is 0 Å². The summed E-state index contributed by atoms with van der Waals surface area (Å²) in [5.41, 5.74) is 9.80. The second kappa shape index (κ2) is 16.4. The Morgan fingerprint density at radius 1 is 0.765 bits per heavy atom. The minimum absolute atomic E-state index is 0.177. The Labute approximate surface area is 202 Å². The molecule has 0 unspecified atom stereocenters. The summed E-state index contributed by atoms with van der Waals surface area (Å²) in [5.74, 6) is -1.54. The molecule has 0 aliphatic heterocycles. The van der Waals surface area contributed by atoms with Gasteiger partial charge in [-0.25, -0.2) is 5.48 Å². The first-order chi connectivity index (χ1) is 16.5. The zero-order chi connectivity index (χ0) is 24.4. The highest BCUT2D eigenvalue weighted by atomic mass is 16.6. The van der Waals surface area contributed by atoms with E-state index in [0.29, 0.717) is 6.42 Å². The molecule has 0 saturated carbocycles. The molecule has 0 spiro atoms. The van der Waals surface area contributed by atoms with Crippen molar-refractivity contribution < 1.29 is 19.2 Å². The number of amides is 3. The molecule has 3 amide bonds. The average Bonchev–Trinajstić information content (AvgIpc) is 2.83. The van der Waals surface area contributed by atoms with Crippen molar-refractivity contribution in [1.29, 1.82) is 0 Å². The maximum absolute atomic E-state index is 12.3. The van der Waals surface area contributed by atoms with Gasteiger partial charge in [0.25, 0.3) is 5.91 Å². The van der Waals surface area contributed by atoms with E-state index in [1.807, 2.05) is 36.4 Å². The first-order valence-electron chi connectivity index (χ1n) is 12.1. The second-order valence-corrected chi connectivity index (χ2v) is 8.49. The normalized spacial score (nSPS) is 11.5. The van der Waals surface area contributed by atoms with Crippen molar-refractivity contribution >= 4 is 17.7 Å². The van der Waals surface area contributed by atoms with Crippen LogP contribution in [0.15, 0.2) is 60.7 Å². The fraction of sp³-hybridized carbons (Fsp3) is 0.444. The molecular formula is C27H37N3O4. The van der Waals surface area contributed by atoms with Crippen molar-refractivity contribution in [2.24, 2.45) is 5.73 Å². The molecule has 0 radical (unpaired) electrons. The number of carbonyl (C=O) groups is 3. The summed E-state index contributed by atoms with van der Waals surface area (Å²) in [4.78, 5) is 41.1. The first kappa shape index (κ1) is 27.1. The van der Waals surface area contributed by atoms with E-state index >= 15 is 0 Å². The van der Waals surface area contributed by atoms with Gasteiger partial charge in [-0.3, -0.25) is 19.2 Å². The smallest absolute Gasteiger partial charge is 0.266 e. The van der Waals surface area contributed by atoms with Gasteiger partial charge in [0.1, 0.15) is 6.04 Å². The van der Waals surface area contributed by atoms with Crippen LogP contribution < -0.4 is 16.5 Å². The minimum Gasteiger partial charge on any atom is -0.370 e. The predicted molar refractivity (Wildman–Crippen MR) is 132 cm³/mol. The number of unbranched alkanes of at least 4 members (excludes halogenated alkanes) is 6. The Morgan fingerprint density at radius 2 is 1.32 bits per heavy atom. The van der Waals surface area contributed by atoms with Crippen LogP contribution in [0.25, 0.3) is 0 Å². The van der Waals surface area contributed by atoms with Crippen molar-refractivity contribution in [2.45, 2.75) is 76.9 Å². The third-order valence-corrected chi connectivity index (χ3v) is 5.52. The summed E-state index contributed by atoms with van der Waals surface area (Å²) < 4.78 is 0. The van der Waals surface area contributed by atoms with E-state index < -0.39 is 17.9 Å². The third-order valence-electron chi connectivity index (χ3n) is 5.52. The lowest BCUT2D eigenvalue weighted by atomic mass is 10.0. The Balaban J connectivity index is 1.55. The molecule has 2 aromatic rings. The third kappa shape index (κ3) is 12.2. The molecular weight excluding hydrogens is 430 g/mol. The van der Waals surface area contributed by atoms with Crippen LogP contribution >= 0.6 is 0 Å². The van der Waals surface area contributed by atoms with Gasteiger partial charge in [0.2, 0.25) is 11.8 Å². The monoisotopic (exact) mass is 467 g/mol. The van der Waals surface area contributed by atoms with Crippen molar-refractivity contribution in [1.82, 2.24) is 10.8 Å². The molecule has 7 heteroatoms. The maximum atomic E-state index is 12.3. The Kier molecular flexibility index (Phi) is 13.1. The lowest BCUT2D eigenvalue weighted by Crippen LogP contribution is -2.48. The molecule has 2 aromatic carbocycles. The van der Waals surface area contributed by atoms with Gasteiger partial charge >= 0.3 is 0 Å². The highest BCUT2D eigenvalue weighted by Crippen LogP contribution is 2.11. The number of aryl methyl sites for hydroxylation is 1. The van der Waals surface area contributed by atoms with E-state index in [9.17, 15) is 14.4 Å². The number of carbonyl (C=O) groups excluding carboxylic acids is 3. The number of benzene rings is 2. The van der Waals surface area contributed by atoms with Gasteiger partial charge in [-0.2, -0.15) is 0 Å². The van der Waals surface area contributed by atoms with Crippen molar-refractivity contribution in [3.8, 4) is 0 Å². The van der Waals surface area contributed by atoms with Crippen LogP contribution in [0.4, 0.5) is 0 Å². The van der Waals surface area contributed by atoms with Crippen LogP contribution in [0.3, 0.4) is 0 Å². The van der Waals surface area contributed by atoms with Crippen molar-refractivity contribution in [3.63, 3.8) is 0 Å². The number of hydrogen-bond acceptors (Lipinski definition) is 4. The number of hydrogen-bond donors (Lipinski definition) is 3. The summed E-state index contributed by atoms with van der Waals surface area (Å²) in [5, 5.41) is 2.60. The highest BCUT2D eigenvalue weighted by Gasteiger charge is 2.23. The molecule has 0 fully saturated rings. The fourth-order valence-electron chi connectivity index (χ4n) is 3.66. The molecule has 0 saturated heterocycles. The Bertz CT molecular complexity index is 859. The number of nitrogens with two attached hydrogens (primary N) is 1. The quantitative estimate of drug-likeness (QED) is 0.242. The summed E-state index contributed by atoms with van der Waals surface area (Å²) in [6.45, 7) is 0.177. The molecule has 0 aliphatic carbocycles. The van der Waals surface area contributed by atoms with E-state index in [-0.39, 0.29) is 18.9 Å². The molecule has 0 bridgehead atoms. The van der Waals surface area contributed by atoms with Crippen LogP contribution in [0.5, 0.6) is 0 Å². The van der Waals surface area contributed by atoms with Crippen LogP contribution in [0.2, 0.25) is 0 Å². The van der Waals surface area contributed by atoms with Gasteiger partial charge in [-0.05, 0) is 30.4 Å². The molecule has 4 N–H and O–H groups in total. The van der Waals surface area contributed by atoms with Crippen LogP contribution in [0, 0.1) is 0 Å². The SMILES string of the molecule is NC(=O)C[C@@H](NC(=O)CCCCCCCCCc1ccccc1)C(=O)NOCc1ccccc1. The fourth-order valence-corrected chi connectivity index (χ4v) is 3.66. The number of rotatable bonds is 17. The molecule has 2 rings (SSSR count). The molecule has 7 nitrogen and oxygen atoms in total. The molecule has 184 valence electrons. The van der Waals surface area contributed by atoms with E-state index in [4.69, 9.17) is 10.6 Å². The van der Waals surface area contributed by atoms with Crippen LogP contribution in [0.1, 0.15) is 68.9 Å². The number of nitrogens with one attached hydrogen (secondary N) is 2. The lowest BCUT2D eigenvalue weighted by molar-refractivity contribution is -0.140. The van der Waals surface area contributed by atoms with Crippen LogP contribution in [-0.2, 0) is 32.2 Å².